The van der Waals surface area contributed by atoms with E-state index in [1.165, 1.54) is 0 Å². The van der Waals surface area contributed by atoms with Crippen molar-refractivity contribution in [1.29, 1.82) is 0 Å². The van der Waals surface area contributed by atoms with Crippen LogP contribution in [0.15, 0.2) is 194 Å². The third-order valence-electron chi connectivity index (χ3n) is 9.82. The molecule has 2 heterocycles. The fourth-order valence-corrected chi connectivity index (χ4v) is 7.55. The van der Waals surface area contributed by atoms with E-state index in [1.54, 1.807) is 0 Å². The Morgan fingerprint density at radius 2 is 0.960 bits per heavy atom. The molecule has 0 unspecified atom stereocenters. The van der Waals surface area contributed by atoms with Crippen LogP contribution in [0.1, 0.15) is 4.11 Å². The maximum absolute atomic E-state index is 9.91. The van der Waals surface area contributed by atoms with Crippen LogP contribution in [0.4, 0.5) is 0 Å². The number of hydrogen-bond donors (Lipinski definition) is 0. The molecular weight excluding hydrogens is 605 g/mol. The zero-order chi connectivity index (χ0) is 35.6. The average Bonchev–Trinajstić information content (AvgIpc) is 3.75. The van der Waals surface area contributed by atoms with Crippen LogP contribution in [0.5, 0.6) is 0 Å². The first kappa shape index (κ1) is 25.4. The lowest BCUT2D eigenvalue weighted by Crippen LogP contribution is -1.96. The van der Waals surface area contributed by atoms with Crippen molar-refractivity contribution in [2.24, 2.45) is 0 Å². The molecule has 2 nitrogen and oxygen atoms in total. The summed E-state index contributed by atoms with van der Waals surface area (Å²) in [6, 6.07) is 60.4. The highest BCUT2D eigenvalue weighted by Gasteiger charge is 2.19. The second kappa shape index (κ2) is 11.5. The number of rotatable bonds is 5. The predicted octanol–water partition coefficient (Wildman–Crippen LogP) is 12.9. The fourth-order valence-electron chi connectivity index (χ4n) is 7.55. The summed E-state index contributed by atoms with van der Waals surface area (Å²) in [6.45, 7) is 0. The monoisotopic (exact) mass is 639 g/mol. The summed E-state index contributed by atoms with van der Waals surface area (Å²) in [5, 5.41) is 3.69. The zero-order valence-corrected chi connectivity index (χ0v) is 27.1. The molecule has 0 amide bonds. The first-order valence-corrected chi connectivity index (χ1v) is 17.0. The maximum Gasteiger partial charge on any atom is 0.0645 e. The molecule has 0 aliphatic rings. The van der Waals surface area contributed by atoms with Gasteiger partial charge in [0.1, 0.15) is 0 Å². The van der Waals surface area contributed by atoms with E-state index >= 15 is 0 Å². The van der Waals surface area contributed by atoms with Crippen LogP contribution in [0.3, 0.4) is 0 Å². The molecule has 10 rings (SSSR count). The maximum atomic E-state index is 9.91. The van der Waals surface area contributed by atoms with Crippen molar-refractivity contribution in [1.82, 2.24) is 9.13 Å². The van der Waals surface area contributed by atoms with Gasteiger partial charge in [0, 0.05) is 38.5 Å². The van der Waals surface area contributed by atoms with Gasteiger partial charge >= 0.3 is 0 Å². The summed E-state index contributed by atoms with van der Waals surface area (Å²) in [4.78, 5) is 0. The topological polar surface area (TPSA) is 9.86 Å². The van der Waals surface area contributed by atoms with E-state index < -0.39 is 0 Å². The molecule has 0 bridgehead atoms. The van der Waals surface area contributed by atoms with Gasteiger partial charge in [-0.05, 0) is 82.4 Å². The van der Waals surface area contributed by atoms with Gasteiger partial charge in [-0.3, -0.25) is 0 Å². The molecule has 0 fully saturated rings. The first-order valence-electron chi connectivity index (χ1n) is 18.5. The van der Waals surface area contributed by atoms with Gasteiger partial charge < -0.3 is 9.13 Å². The number of aromatic nitrogens is 2. The SMILES string of the molecule is [2H]c1c(-c2ccc3c(c2)c2ccccc2n3-c2ccccc2)c([2H])c2c3cccc(-c4ccccc4)c3n(-c3cccc(-c4ccccc4)c3)c2c1[2H]. The molecule has 0 saturated carbocycles. The van der Waals surface area contributed by atoms with Crippen molar-refractivity contribution in [3.05, 3.63) is 194 Å². The van der Waals surface area contributed by atoms with Crippen LogP contribution < -0.4 is 0 Å². The highest BCUT2D eigenvalue weighted by Crippen LogP contribution is 2.41. The minimum atomic E-state index is 0.0400. The predicted molar refractivity (Wildman–Crippen MR) is 211 cm³/mol. The Labute approximate surface area is 294 Å². The minimum Gasteiger partial charge on any atom is -0.309 e. The van der Waals surface area contributed by atoms with Crippen molar-refractivity contribution in [2.75, 3.05) is 0 Å². The van der Waals surface area contributed by atoms with Crippen molar-refractivity contribution >= 4 is 43.6 Å². The van der Waals surface area contributed by atoms with Gasteiger partial charge in [0.2, 0.25) is 0 Å². The number of hydrogen-bond acceptors (Lipinski definition) is 0. The Bertz CT molecular complexity index is 3020. The Hall–Kier alpha value is -6.64. The van der Waals surface area contributed by atoms with Gasteiger partial charge in [0.15, 0.2) is 0 Å². The molecule has 50 heavy (non-hydrogen) atoms. The van der Waals surface area contributed by atoms with Crippen molar-refractivity contribution < 1.29 is 4.11 Å². The summed E-state index contributed by atoms with van der Waals surface area (Å²) in [6.07, 6.45) is 0. The van der Waals surface area contributed by atoms with Crippen molar-refractivity contribution in [2.45, 2.75) is 0 Å². The van der Waals surface area contributed by atoms with E-state index in [2.05, 4.69) is 112 Å². The molecule has 234 valence electrons. The number of fused-ring (bicyclic) bond motifs is 6. The lowest BCUT2D eigenvalue weighted by molar-refractivity contribution is 1.18. The first-order chi connectivity index (χ1) is 26.1. The Kier molecular flexibility index (Phi) is 5.84. The van der Waals surface area contributed by atoms with E-state index in [9.17, 15) is 4.11 Å². The summed E-state index contributed by atoms with van der Waals surface area (Å²) in [7, 11) is 0. The molecule has 0 radical (unpaired) electrons. The zero-order valence-electron chi connectivity index (χ0n) is 30.1. The summed E-state index contributed by atoms with van der Waals surface area (Å²) >= 11 is 0. The normalized spacial score (nSPS) is 12.4. The molecule has 0 spiro atoms. The molecule has 0 aliphatic carbocycles. The standard InChI is InChI=1S/C48H32N2/c1-4-14-33(15-5-1)35-18-12-21-39(30-35)50-47-29-27-37(32-44(47)42-24-13-23-40(48(42)50)34-16-6-2-7-17-34)36-26-28-46-43(31-36)41-22-10-11-25-45(41)49(46)38-19-8-3-9-20-38/h1-32H/i27D,29D,32D. The third kappa shape index (κ3) is 4.50. The van der Waals surface area contributed by atoms with Crippen molar-refractivity contribution in [3.8, 4) is 44.8 Å². The van der Waals surface area contributed by atoms with Crippen molar-refractivity contribution in [3.63, 3.8) is 0 Å². The fraction of sp³-hybridized carbons (Fsp3) is 0. The van der Waals surface area contributed by atoms with Gasteiger partial charge in [-0.1, -0.05) is 140 Å². The van der Waals surface area contributed by atoms with Crippen LogP contribution in [-0.2, 0) is 0 Å². The molecule has 0 saturated heterocycles. The molecule has 2 aromatic heterocycles. The van der Waals surface area contributed by atoms with Crippen LogP contribution in [0.25, 0.3) is 88.4 Å². The highest BCUT2D eigenvalue weighted by molar-refractivity contribution is 6.15. The summed E-state index contributed by atoms with van der Waals surface area (Å²) in [5.74, 6) is 0. The molecule has 0 atom stereocenters. The largest absolute Gasteiger partial charge is 0.309 e. The summed E-state index contributed by atoms with van der Waals surface area (Å²) < 4.78 is 33.6. The van der Waals surface area contributed by atoms with Crippen LogP contribution in [-0.4, -0.2) is 9.13 Å². The molecule has 0 aliphatic heterocycles. The second-order valence-electron chi connectivity index (χ2n) is 12.7. The second-order valence-corrected chi connectivity index (χ2v) is 12.7. The Morgan fingerprint density at radius 3 is 1.78 bits per heavy atom. The quantitative estimate of drug-likeness (QED) is 0.177. The lowest BCUT2D eigenvalue weighted by atomic mass is 9.99. The van der Waals surface area contributed by atoms with E-state index in [-0.39, 0.29) is 18.1 Å². The van der Waals surface area contributed by atoms with Gasteiger partial charge in [0.05, 0.1) is 26.2 Å². The molecule has 2 heteroatoms. The van der Waals surface area contributed by atoms with Gasteiger partial charge in [-0.2, -0.15) is 0 Å². The minimum absolute atomic E-state index is 0.0400. The van der Waals surface area contributed by atoms with E-state index in [0.29, 0.717) is 16.5 Å². The molecule has 10 aromatic rings. The van der Waals surface area contributed by atoms with Crippen LogP contribution in [0.2, 0.25) is 0 Å². The van der Waals surface area contributed by atoms with E-state index in [4.69, 9.17) is 0 Å². The smallest absolute Gasteiger partial charge is 0.0645 e. The summed E-state index contributed by atoms with van der Waals surface area (Å²) in [5.41, 5.74) is 11.0. The van der Waals surface area contributed by atoms with Gasteiger partial charge in [0.25, 0.3) is 0 Å². The van der Waals surface area contributed by atoms with Crippen LogP contribution in [0, 0.1) is 0 Å². The number of benzene rings is 8. The van der Waals surface area contributed by atoms with Gasteiger partial charge in [-0.25, -0.2) is 0 Å². The third-order valence-corrected chi connectivity index (χ3v) is 9.82. The van der Waals surface area contributed by atoms with E-state index in [1.807, 2.05) is 72.8 Å². The Morgan fingerprint density at radius 1 is 0.340 bits per heavy atom. The highest BCUT2D eigenvalue weighted by atomic mass is 15.0. The molecule has 0 N–H and O–H groups in total. The lowest BCUT2D eigenvalue weighted by Gasteiger charge is -2.13. The average molecular weight is 640 g/mol. The number of para-hydroxylation sites is 3. The molecule has 8 aromatic carbocycles. The molecular formula is C48H32N2. The Balaban J connectivity index is 1.28. The van der Waals surface area contributed by atoms with Crippen LogP contribution >= 0.6 is 0 Å². The van der Waals surface area contributed by atoms with E-state index in [0.717, 1.165) is 71.9 Å². The van der Waals surface area contributed by atoms with Gasteiger partial charge in [-0.15, -0.1) is 0 Å². The number of nitrogens with zero attached hydrogens (tertiary/aromatic N) is 2.